The molecule has 5 nitrogen and oxygen atoms in total. The Hall–Kier alpha value is -2.40. The second-order valence-corrected chi connectivity index (χ2v) is 5.20. The van der Waals surface area contributed by atoms with Crippen LogP contribution in [0.3, 0.4) is 0 Å². The van der Waals surface area contributed by atoms with E-state index in [1.807, 2.05) is 31.2 Å². The van der Waals surface area contributed by atoms with E-state index in [4.69, 9.17) is 31.0 Å². The van der Waals surface area contributed by atoms with Gasteiger partial charge in [0.15, 0.2) is 11.5 Å². The van der Waals surface area contributed by atoms with Gasteiger partial charge in [0, 0.05) is 5.56 Å². The number of rotatable bonds is 7. The second kappa shape index (κ2) is 8.29. The Labute approximate surface area is 140 Å². The van der Waals surface area contributed by atoms with E-state index in [-0.39, 0.29) is 0 Å². The lowest BCUT2D eigenvalue weighted by Crippen LogP contribution is -2.10. The number of benzene rings is 2. The molecule has 0 saturated heterocycles. The number of hydrogen-bond donors (Lipinski definition) is 1. The molecule has 0 bridgehead atoms. The highest BCUT2D eigenvalue weighted by Crippen LogP contribution is 2.36. The molecule has 0 unspecified atom stereocenters. The molecule has 0 aliphatic heterocycles. The number of nitrogens with zero attached hydrogens (tertiary/aromatic N) is 1. The first-order valence-corrected chi connectivity index (χ1v) is 7.39. The van der Waals surface area contributed by atoms with Crippen LogP contribution < -0.4 is 14.2 Å². The van der Waals surface area contributed by atoms with Gasteiger partial charge >= 0.3 is 0 Å². The van der Waals surface area contributed by atoms with Crippen LogP contribution in [0.15, 0.2) is 41.6 Å². The lowest BCUT2D eigenvalue weighted by Gasteiger charge is -2.13. The summed E-state index contributed by atoms with van der Waals surface area (Å²) in [6.45, 7) is 2.71. The Morgan fingerprint density at radius 3 is 2.48 bits per heavy atom. The Morgan fingerprint density at radius 1 is 1.13 bits per heavy atom. The zero-order valence-electron chi connectivity index (χ0n) is 13.0. The summed E-state index contributed by atoms with van der Waals surface area (Å²) in [4.78, 5) is 0. The molecule has 0 radical (unpaired) electrons. The van der Waals surface area contributed by atoms with Crippen LogP contribution in [0.1, 0.15) is 11.1 Å². The summed E-state index contributed by atoms with van der Waals surface area (Å²) in [5.41, 5.74) is 1.79. The largest absolute Gasteiger partial charge is 0.493 e. The van der Waals surface area contributed by atoms with E-state index in [0.717, 1.165) is 5.75 Å². The average molecular weight is 336 g/mol. The van der Waals surface area contributed by atoms with Crippen molar-refractivity contribution in [2.24, 2.45) is 5.16 Å². The fourth-order valence-electron chi connectivity index (χ4n) is 1.96. The fourth-order valence-corrected chi connectivity index (χ4v) is 2.23. The standard InChI is InChI=1S/C17H18ClNO4/c1-12-3-5-14(6-4-12)22-7-8-23-17-15(18)9-13(11-19-20)10-16(17)21-2/h3-6,9-11,20H,7-8H2,1-2H3. The zero-order valence-corrected chi connectivity index (χ0v) is 13.7. The third kappa shape index (κ3) is 4.79. The Kier molecular flexibility index (Phi) is 6.11. The molecule has 2 aromatic rings. The highest BCUT2D eigenvalue weighted by molar-refractivity contribution is 6.32. The minimum Gasteiger partial charge on any atom is -0.493 e. The summed E-state index contributed by atoms with van der Waals surface area (Å²) in [6.07, 6.45) is 1.26. The van der Waals surface area contributed by atoms with Crippen molar-refractivity contribution in [3.05, 3.63) is 52.5 Å². The van der Waals surface area contributed by atoms with Gasteiger partial charge in [-0.3, -0.25) is 0 Å². The van der Waals surface area contributed by atoms with E-state index in [2.05, 4.69) is 5.16 Å². The SMILES string of the molecule is COc1cc(C=NO)cc(Cl)c1OCCOc1ccc(C)cc1. The Balaban J connectivity index is 1.95. The molecule has 0 saturated carbocycles. The monoisotopic (exact) mass is 335 g/mol. The molecule has 0 aliphatic carbocycles. The van der Waals surface area contributed by atoms with E-state index in [1.165, 1.54) is 18.9 Å². The number of methoxy groups -OCH3 is 1. The first-order valence-electron chi connectivity index (χ1n) is 7.01. The molecule has 23 heavy (non-hydrogen) atoms. The average Bonchev–Trinajstić information content (AvgIpc) is 2.54. The van der Waals surface area contributed by atoms with Crippen molar-refractivity contribution in [1.29, 1.82) is 0 Å². The van der Waals surface area contributed by atoms with E-state index >= 15 is 0 Å². The van der Waals surface area contributed by atoms with Crippen LogP contribution in [0.4, 0.5) is 0 Å². The van der Waals surface area contributed by atoms with Gasteiger partial charge in [-0.25, -0.2) is 0 Å². The Bertz CT molecular complexity index is 671. The molecular formula is C17H18ClNO4. The molecule has 122 valence electrons. The summed E-state index contributed by atoms with van der Waals surface area (Å²) in [5.74, 6) is 1.67. The summed E-state index contributed by atoms with van der Waals surface area (Å²) >= 11 is 6.17. The smallest absolute Gasteiger partial charge is 0.179 e. The maximum Gasteiger partial charge on any atom is 0.179 e. The van der Waals surface area contributed by atoms with Crippen molar-refractivity contribution in [3.63, 3.8) is 0 Å². The van der Waals surface area contributed by atoms with E-state index < -0.39 is 0 Å². The van der Waals surface area contributed by atoms with E-state index in [1.54, 1.807) is 12.1 Å². The maximum atomic E-state index is 8.58. The van der Waals surface area contributed by atoms with Crippen LogP contribution in [-0.4, -0.2) is 31.7 Å². The lowest BCUT2D eigenvalue weighted by molar-refractivity contribution is 0.211. The van der Waals surface area contributed by atoms with Crippen LogP contribution in [0.2, 0.25) is 5.02 Å². The van der Waals surface area contributed by atoms with Gasteiger partial charge < -0.3 is 19.4 Å². The summed E-state index contributed by atoms with van der Waals surface area (Å²) in [7, 11) is 1.52. The fraction of sp³-hybridized carbons (Fsp3) is 0.235. The summed E-state index contributed by atoms with van der Waals surface area (Å²) in [6, 6.07) is 11.1. The third-order valence-electron chi connectivity index (χ3n) is 3.08. The summed E-state index contributed by atoms with van der Waals surface area (Å²) in [5, 5.41) is 11.9. The van der Waals surface area contributed by atoms with Crippen molar-refractivity contribution >= 4 is 17.8 Å². The molecule has 0 aromatic heterocycles. The number of oxime groups is 1. The molecule has 2 aromatic carbocycles. The van der Waals surface area contributed by atoms with Crippen molar-refractivity contribution in [3.8, 4) is 17.2 Å². The van der Waals surface area contributed by atoms with Crippen LogP contribution >= 0.6 is 11.6 Å². The minimum absolute atomic E-state index is 0.317. The Morgan fingerprint density at radius 2 is 1.83 bits per heavy atom. The molecular weight excluding hydrogens is 318 g/mol. The first-order chi connectivity index (χ1) is 11.1. The number of ether oxygens (including phenoxy) is 3. The molecule has 0 fully saturated rings. The molecule has 6 heteroatoms. The first kappa shape index (κ1) is 17.0. The number of hydrogen-bond acceptors (Lipinski definition) is 5. The van der Waals surface area contributed by atoms with Gasteiger partial charge in [-0.05, 0) is 31.2 Å². The predicted octanol–water partition coefficient (Wildman–Crippen LogP) is 3.92. The zero-order chi connectivity index (χ0) is 16.7. The summed E-state index contributed by atoms with van der Waals surface area (Å²) < 4.78 is 16.5. The molecule has 2 rings (SSSR count). The minimum atomic E-state index is 0.317. The second-order valence-electron chi connectivity index (χ2n) is 4.79. The van der Waals surface area contributed by atoms with Crippen molar-refractivity contribution in [1.82, 2.24) is 0 Å². The molecule has 0 amide bonds. The van der Waals surface area contributed by atoms with E-state index in [0.29, 0.717) is 35.3 Å². The highest BCUT2D eigenvalue weighted by atomic mass is 35.5. The normalized spacial score (nSPS) is 10.7. The van der Waals surface area contributed by atoms with Crippen LogP contribution in [0.25, 0.3) is 0 Å². The molecule has 1 N–H and O–H groups in total. The van der Waals surface area contributed by atoms with Crippen molar-refractivity contribution in [2.45, 2.75) is 6.92 Å². The van der Waals surface area contributed by atoms with Crippen LogP contribution in [0.5, 0.6) is 17.2 Å². The molecule has 0 atom stereocenters. The number of aryl methyl sites for hydroxylation is 1. The topological polar surface area (TPSA) is 60.3 Å². The highest BCUT2D eigenvalue weighted by Gasteiger charge is 2.11. The van der Waals surface area contributed by atoms with Gasteiger partial charge in [-0.1, -0.05) is 34.5 Å². The molecule has 0 heterocycles. The van der Waals surface area contributed by atoms with Gasteiger partial charge in [-0.15, -0.1) is 0 Å². The van der Waals surface area contributed by atoms with Gasteiger partial charge in [-0.2, -0.15) is 0 Å². The van der Waals surface area contributed by atoms with Crippen LogP contribution in [0, 0.1) is 6.92 Å². The maximum absolute atomic E-state index is 8.58. The van der Waals surface area contributed by atoms with Gasteiger partial charge in [0.2, 0.25) is 0 Å². The quantitative estimate of drug-likeness (QED) is 0.360. The number of halogens is 1. The van der Waals surface area contributed by atoms with Crippen molar-refractivity contribution in [2.75, 3.05) is 20.3 Å². The van der Waals surface area contributed by atoms with Crippen molar-refractivity contribution < 1.29 is 19.4 Å². The lowest BCUT2D eigenvalue weighted by atomic mass is 10.2. The van der Waals surface area contributed by atoms with Gasteiger partial charge in [0.05, 0.1) is 18.3 Å². The predicted molar refractivity (Wildman–Crippen MR) is 89.6 cm³/mol. The van der Waals surface area contributed by atoms with Gasteiger partial charge in [0.1, 0.15) is 19.0 Å². The van der Waals surface area contributed by atoms with E-state index in [9.17, 15) is 0 Å². The molecule has 0 spiro atoms. The van der Waals surface area contributed by atoms with Gasteiger partial charge in [0.25, 0.3) is 0 Å². The third-order valence-corrected chi connectivity index (χ3v) is 3.36. The van der Waals surface area contributed by atoms with Crippen LogP contribution in [-0.2, 0) is 0 Å². The molecule has 0 aliphatic rings.